The quantitative estimate of drug-likeness (QED) is 0.110. The summed E-state index contributed by atoms with van der Waals surface area (Å²) in [5, 5.41) is 16.3. The molecule has 2 aromatic carbocycles. The average molecular weight is 563 g/mol. The zero-order valence-electron chi connectivity index (χ0n) is 24.0. The van der Waals surface area contributed by atoms with Crippen LogP contribution >= 0.6 is 0 Å². The number of methoxy groups -OCH3 is 1. The van der Waals surface area contributed by atoms with Crippen molar-refractivity contribution < 1.29 is 14.3 Å². The number of amidine groups is 1. The van der Waals surface area contributed by atoms with Crippen LogP contribution < -0.4 is 37.7 Å². The minimum atomic E-state index is -0.497. The molecule has 0 aliphatic heterocycles. The highest BCUT2D eigenvalue weighted by atomic mass is 16.5. The van der Waals surface area contributed by atoms with E-state index < -0.39 is 11.5 Å². The highest BCUT2D eigenvalue weighted by Gasteiger charge is 2.18. The SMILES string of the molecule is CCC(C)NC(=O)c1cc(N)cc(-c2cnc(NC(C)C)c(=O)n2CC(=O)NCc2ccc(C(=N)N)cc2OC)c1. The lowest BCUT2D eigenvalue weighted by Crippen LogP contribution is -2.35. The van der Waals surface area contributed by atoms with E-state index in [-0.39, 0.29) is 42.7 Å². The van der Waals surface area contributed by atoms with Gasteiger partial charge in [-0.25, -0.2) is 4.98 Å². The van der Waals surface area contributed by atoms with E-state index >= 15 is 0 Å². The average Bonchev–Trinajstić information content (AvgIpc) is 2.93. The number of hydrogen-bond acceptors (Lipinski definition) is 8. The third-order valence-corrected chi connectivity index (χ3v) is 6.36. The van der Waals surface area contributed by atoms with Crippen molar-refractivity contribution in [2.24, 2.45) is 5.73 Å². The van der Waals surface area contributed by atoms with E-state index in [9.17, 15) is 14.4 Å². The fraction of sp³-hybridized carbons (Fsp3) is 0.345. The largest absolute Gasteiger partial charge is 0.496 e. The number of anilines is 2. The van der Waals surface area contributed by atoms with Gasteiger partial charge in [0.15, 0.2) is 5.82 Å². The van der Waals surface area contributed by atoms with E-state index in [1.165, 1.54) is 17.9 Å². The van der Waals surface area contributed by atoms with Gasteiger partial charge in [0.25, 0.3) is 11.5 Å². The number of nitrogens with one attached hydrogen (secondary N) is 4. The molecule has 0 spiro atoms. The fourth-order valence-electron chi connectivity index (χ4n) is 4.04. The van der Waals surface area contributed by atoms with Crippen LogP contribution in [0.5, 0.6) is 5.75 Å². The van der Waals surface area contributed by atoms with Crippen LogP contribution in [0.3, 0.4) is 0 Å². The molecular weight excluding hydrogens is 524 g/mol. The van der Waals surface area contributed by atoms with E-state index in [1.54, 1.807) is 36.4 Å². The van der Waals surface area contributed by atoms with Crippen LogP contribution in [-0.2, 0) is 17.9 Å². The van der Waals surface area contributed by atoms with Gasteiger partial charge in [0, 0.05) is 46.6 Å². The molecule has 0 radical (unpaired) electrons. The van der Waals surface area contributed by atoms with Crippen molar-refractivity contribution in [2.45, 2.75) is 59.3 Å². The topological polar surface area (TPSA) is 190 Å². The highest BCUT2D eigenvalue weighted by molar-refractivity contribution is 5.97. The molecule has 0 fully saturated rings. The first-order valence-electron chi connectivity index (χ1n) is 13.3. The van der Waals surface area contributed by atoms with E-state index in [0.29, 0.717) is 39.4 Å². The van der Waals surface area contributed by atoms with Crippen molar-refractivity contribution in [3.05, 3.63) is 69.6 Å². The number of hydrogen-bond donors (Lipinski definition) is 6. The second kappa shape index (κ2) is 13.5. The Bertz CT molecular complexity index is 1500. The number of rotatable bonds is 12. The van der Waals surface area contributed by atoms with Crippen LogP contribution in [0.15, 0.2) is 47.4 Å². The molecule has 0 aliphatic carbocycles. The maximum atomic E-state index is 13.5. The third-order valence-electron chi connectivity index (χ3n) is 6.36. The molecule has 1 aromatic heterocycles. The minimum Gasteiger partial charge on any atom is -0.496 e. The number of amides is 2. The summed E-state index contributed by atoms with van der Waals surface area (Å²) in [4.78, 5) is 43.8. The van der Waals surface area contributed by atoms with E-state index in [4.69, 9.17) is 21.6 Å². The molecule has 41 heavy (non-hydrogen) atoms. The van der Waals surface area contributed by atoms with Gasteiger partial charge in [0.05, 0.1) is 19.0 Å². The summed E-state index contributed by atoms with van der Waals surface area (Å²) in [5.74, 6) is -0.277. The molecule has 3 aromatic rings. The second-order valence-corrected chi connectivity index (χ2v) is 10.0. The third kappa shape index (κ3) is 7.84. The molecule has 1 atom stereocenters. The molecule has 12 nitrogen and oxygen atoms in total. The number of carbonyl (C=O) groups is 2. The summed E-state index contributed by atoms with van der Waals surface area (Å²) in [5.41, 5.74) is 13.8. The lowest BCUT2D eigenvalue weighted by molar-refractivity contribution is -0.121. The minimum absolute atomic E-state index is 0.0328. The molecule has 218 valence electrons. The molecule has 0 saturated heterocycles. The Morgan fingerprint density at radius 3 is 2.49 bits per heavy atom. The summed E-state index contributed by atoms with van der Waals surface area (Å²) in [6.45, 7) is 7.41. The molecule has 0 bridgehead atoms. The lowest BCUT2D eigenvalue weighted by atomic mass is 10.1. The summed E-state index contributed by atoms with van der Waals surface area (Å²) in [6, 6.07) is 9.70. The Kier molecular flexibility index (Phi) is 10.1. The predicted molar refractivity (Wildman–Crippen MR) is 160 cm³/mol. The lowest BCUT2D eigenvalue weighted by Gasteiger charge is -2.18. The number of ether oxygens (including phenoxy) is 1. The molecule has 8 N–H and O–H groups in total. The van der Waals surface area contributed by atoms with Crippen LogP contribution in [0.2, 0.25) is 0 Å². The van der Waals surface area contributed by atoms with Gasteiger partial charge in [-0.3, -0.25) is 24.4 Å². The summed E-state index contributed by atoms with van der Waals surface area (Å²) < 4.78 is 6.69. The van der Waals surface area contributed by atoms with Crippen LogP contribution in [0, 0.1) is 5.41 Å². The van der Waals surface area contributed by atoms with E-state index in [0.717, 1.165) is 6.42 Å². The predicted octanol–water partition coefficient (Wildman–Crippen LogP) is 2.45. The maximum Gasteiger partial charge on any atom is 0.294 e. The van der Waals surface area contributed by atoms with Crippen LogP contribution in [0.25, 0.3) is 11.3 Å². The number of nitrogen functional groups attached to an aromatic ring is 2. The molecular formula is C29H38N8O4. The normalized spacial score (nSPS) is 11.6. The summed E-state index contributed by atoms with van der Waals surface area (Å²) in [7, 11) is 1.49. The maximum absolute atomic E-state index is 13.5. The Balaban J connectivity index is 1.96. The van der Waals surface area contributed by atoms with Gasteiger partial charge in [-0.1, -0.05) is 19.1 Å². The Morgan fingerprint density at radius 2 is 1.85 bits per heavy atom. The molecule has 0 saturated carbocycles. The molecule has 3 rings (SSSR count). The summed E-state index contributed by atoms with van der Waals surface area (Å²) >= 11 is 0. The number of nitrogens with two attached hydrogens (primary N) is 2. The second-order valence-electron chi connectivity index (χ2n) is 10.0. The van der Waals surface area contributed by atoms with Gasteiger partial charge in [-0.15, -0.1) is 0 Å². The van der Waals surface area contributed by atoms with Crippen LogP contribution in [-0.4, -0.2) is 46.4 Å². The highest BCUT2D eigenvalue weighted by Crippen LogP contribution is 2.24. The number of aromatic nitrogens is 2. The zero-order valence-corrected chi connectivity index (χ0v) is 24.0. The first-order valence-corrected chi connectivity index (χ1v) is 13.3. The molecule has 2 amide bonds. The molecule has 0 aliphatic rings. The van der Waals surface area contributed by atoms with Crippen molar-refractivity contribution in [3.63, 3.8) is 0 Å². The number of carbonyl (C=O) groups excluding carboxylic acids is 2. The monoisotopic (exact) mass is 562 g/mol. The van der Waals surface area contributed by atoms with Crippen molar-refractivity contribution in [3.8, 4) is 17.0 Å². The summed E-state index contributed by atoms with van der Waals surface area (Å²) in [6.07, 6.45) is 2.24. The van der Waals surface area contributed by atoms with Gasteiger partial charge in [0.1, 0.15) is 18.1 Å². The van der Waals surface area contributed by atoms with Crippen molar-refractivity contribution in [2.75, 3.05) is 18.2 Å². The van der Waals surface area contributed by atoms with Gasteiger partial charge < -0.3 is 32.2 Å². The first-order chi connectivity index (χ1) is 19.4. The standard InChI is InChI=1S/C29H38N8O4/c1-6-17(4)36-28(39)21-9-20(10-22(30)11-21)23-14-34-27(35-16(2)3)29(40)37(23)15-25(38)33-13-19-8-7-18(26(31)32)12-24(19)41-5/h7-12,14,16-17H,6,13,15,30H2,1-5H3,(H3,31,32)(H,33,38)(H,34,35)(H,36,39). The Hall–Kier alpha value is -4.87. The number of nitrogens with zero attached hydrogens (tertiary/aromatic N) is 2. The Labute approximate surface area is 239 Å². The van der Waals surface area contributed by atoms with Crippen molar-refractivity contribution in [1.82, 2.24) is 20.2 Å². The Morgan fingerprint density at radius 1 is 1.12 bits per heavy atom. The van der Waals surface area contributed by atoms with Gasteiger partial charge in [-0.05, 0) is 51.5 Å². The first kappa shape index (κ1) is 30.7. The van der Waals surface area contributed by atoms with Gasteiger partial charge >= 0.3 is 0 Å². The number of benzene rings is 2. The molecule has 12 heteroatoms. The van der Waals surface area contributed by atoms with E-state index in [2.05, 4.69) is 20.9 Å². The molecule has 1 heterocycles. The van der Waals surface area contributed by atoms with Crippen molar-refractivity contribution in [1.29, 1.82) is 5.41 Å². The fourth-order valence-corrected chi connectivity index (χ4v) is 4.04. The van der Waals surface area contributed by atoms with Crippen LogP contribution in [0.4, 0.5) is 11.5 Å². The van der Waals surface area contributed by atoms with Gasteiger partial charge in [0.2, 0.25) is 5.91 Å². The van der Waals surface area contributed by atoms with Crippen LogP contribution in [0.1, 0.15) is 55.6 Å². The van der Waals surface area contributed by atoms with E-state index in [1.807, 2.05) is 27.7 Å². The smallest absolute Gasteiger partial charge is 0.294 e. The van der Waals surface area contributed by atoms with Crippen molar-refractivity contribution >= 4 is 29.2 Å². The zero-order chi connectivity index (χ0) is 30.3. The van der Waals surface area contributed by atoms with Gasteiger partial charge in [-0.2, -0.15) is 0 Å². The molecule has 1 unspecified atom stereocenters.